The lowest BCUT2D eigenvalue weighted by atomic mass is 10.2. The van der Waals surface area contributed by atoms with E-state index in [-0.39, 0.29) is 4.32 Å². The minimum Gasteiger partial charge on any atom is -0.548 e. The summed E-state index contributed by atoms with van der Waals surface area (Å²) in [7, 11) is 0. The molecule has 1 heterocycles. The number of rotatable bonds is 4. The zero-order chi connectivity index (χ0) is 15.4. The second kappa shape index (κ2) is 7.02. The Kier molecular flexibility index (Phi) is 5.33. The number of halogens is 1. The van der Waals surface area contributed by atoms with Crippen LogP contribution in [0.3, 0.4) is 0 Å². The van der Waals surface area contributed by atoms with Crippen molar-refractivity contribution in [2.75, 3.05) is 6.54 Å². The molecule has 7 heteroatoms. The van der Waals surface area contributed by atoms with Crippen LogP contribution in [-0.2, 0) is 9.59 Å². The molecule has 0 aliphatic carbocycles. The summed E-state index contributed by atoms with van der Waals surface area (Å²) in [5, 5.41) is 10.6. The predicted molar refractivity (Wildman–Crippen MR) is 88.3 cm³/mol. The van der Waals surface area contributed by atoms with Crippen molar-refractivity contribution >= 4 is 62.2 Å². The van der Waals surface area contributed by atoms with Crippen molar-refractivity contribution in [3.05, 3.63) is 51.4 Å². The molecule has 21 heavy (non-hydrogen) atoms. The van der Waals surface area contributed by atoms with Crippen molar-refractivity contribution in [1.29, 1.82) is 0 Å². The highest BCUT2D eigenvalue weighted by molar-refractivity contribution is 9.12. The number of hydrogen-bond donors (Lipinski definition) is 0. The summed E-state index contributed by atoms with van der Waals surface area (Å²) < 4.78 is 0.915. The molecule has 0 saturated carbocycles. The van der Waals surface area contributed by atoms with Crippen LogP contribution in [0.25, 0.3) is 6.08 Å². The Balaban J connectivity index is 2.18. The maximum atomic E-state index is 12.0. The fraction of sp³-hybridized carbons (Fsp3) is 0.0714. The lowest BCUT2D eigenvalue weighted by Crippen LogP contribution is -2.40. The highest BCUT2D eigenvalue weighted by atomic mass is 79.9. The van der Waals surface area contributed by atoms with Crippen molar-refractivity contribution in [3.8, 4) is 0 Å². The predicted octanol–water partition coefficient (Wildman–Crippen LogP) is 1.92. The van der Waals surface area contributed by atoms with Gasteiger partial charge in [-0.05, 0) is 17.7 Å². The van der Waals surface area contributed by atoms with Gasteiger partial charge in [-0.3, -0.25) is 9.69 Å². The number of amides is 1. The molecule has 0 spiro atoms. The lowest BCUT2D eigenvalue weighted by Gasteiger charge is -2.14. The Labute approximate surface area is 139 Å². The Morgan fingerprint density at radius 3 is 2.67 bits per heavy atom. The molecule has 0 bridgehead atoms. The third-order valence-electron chi connectivity index (χ3n) is 2.53. The minimum atomic E-state index is -1.34. The van der Waals surface area contributed by atoms with Gasteiger partial charge < -0.3 is 9.90 Å². The van der Waals surface area contributed by atoms with E-state index in [2.05, 4.69) is 15.9 Å². The molecule has 1 amide bonds. The molecule has 4 nitrogen and oxygen atoms in total. The zero-order valence-electron chi connectivity index (χ0n) is 10.6. The van der Waals surface area contributed by atoms with Gasteiger partial charge in [0.1, 0.15) is 4.32 Å². The number of thioether (sulfide) groups is 1. The summed E-state index contributed by atoms with van der Waals surface area (Å²) in [5.41, 5.74) is 0.978. The van der Waals surface area contributed by atoms with E-state index in [1.807, 2.05) is 36.4 Å². The Hall–Kier alpha value is -1.44. The van der Waals surface area contributed by atoms with E-state index in [9.17, 15) is 14.7 Å². The largest absolute Gasteiger partial charge is 0.548 e. The standard InChI is InChI=1S/C14H10BrNO3S2/c15-10(6-9-4-2-1-3-5-9)7-11-13(19)16(8-12(17)18)14(20)21-11/h1-7H,8H2,(H,17,18)/p-1/b10-6+,11-7?. The molecule has 1 aliphatic heterocycles. The highest BCUT2D eigenvalue weighted by Gasteiger charge is 2.31. The quantitative estimate of drug-likeness (QED) is 0.587. The summed E-state index contributed by atoms with van der Waals surface area (Å²) in [4.78, 5) is 24.0. The maximum absolute atomic E-state index is 12.0. The van der Waals surface area contributed by atoms with Gasteiger partial charge in [0, 0.05) is 4.48 Å². The number of carbonyl (C=O) groups excluding carboxylic acids is 2. The van der Waals surface area contributed by atoms with Crippen LogP contribution in [0.1, 0.15) is 5.56 Å². The Bertz CT molecular complexity index is 655. The first kappa shape index (κ1) is 15.9. The van der Waals surface area contributed by atoms with Gasteiger partial charge in [-0.15, -0.1) is 0 Å². The monoisotopic (exact) mass is 382 g/mol. The van der Waals surface area contributed by atoms with Gasteiger partial charge in [-0.1, -0.05) is 70.2 Å². The van der Waals surface area contributed by atoms with E-state index in [0.717, 1.165) is 22.2 Å². The average Bonchev–Trinajstić information content (AvgIpc) is 2.67. The van der Waals surface area contributed by atoms with Gasteiger partial charge in [-0.2, -0.15) is 0 Å². The van der Waals surface area contributed by atoms with Crippen LogP contribution in [0.2, 0.25) is 0 Å². The van der Waals surface area contributed by atoms with Gasteiger partial charge >= 0.3 is 0 Å². The minimum absolute atomic E-state index is 0.218. The second-order valence-corrected chi connectivity index (χ2v) is 6.67. The first-order valence-electron chi connectivity index (χ1n) is 5.85. The maximum Gasteiger partial charge on any atom is 0.266 e. The highest BCUT2D eigenvalue weighted by Crippen LogP contribution is 2.32. The van der Waals surface area contributed by atoms with Gasteiger partial charge in [-0.25, -0.2) is 0 Å². The van der Waals surface area contributed by atoms with Crippen LogP contribution < -0.4 is 5.11 Å². The molecular weight excluding hydrogens is 374 g/mol. The summed E-state index contributed by atoms with van der Waals surface area (Å²) in [6, 6.07) is 9.58. The van der Waals surface area contributed by atoms with E-state index >= 15 is 0 Å². The number of nitrogens with zero attached hydrogens (tertiary/aromatic N) is 1. The number of carboxylic acid groups (broad SMARTS) is 1. The van der Waals surface area contributed by atoms with E-state index in [1.54, 1.807) is 6.08 Å². The van der Waals surface area contributed by atoms with E-state index in [1.165, 1.54) is 0 Å². The van der Waals surface area contributed by atoms with Crippen LogP contribution in [0.4, 0.5) is 0 Å². The summed E-state index contributed by atoms with van der Waals surface area (Å²) in [6.45, 7) is -0.526. The van der Waals surface area contributed by atoms with Crippen LogP contribution in [0.5, 0.6) is 0 Å². The first-order valence-corrected chi connectivity index (χ1v) is 7.86. The summed E-state index contributed by atoms with van der Waals surface area (Å²) >= 11 is 9.44. The number of carboxylic acids is 1. The molecule has 1 aromatic rings. The molecule has 0 atom stereocenters. The number of carbonyl (C=O) groups is 2. The van der Waals surface area contributed by atoms with Crippen LogP contribution >= 0.6 is 39.9 Å². The fourth-order valence-electron chi connectivity index (χ4n) is 1.64. The number of hydrogen-bond acceptors (Lipinski definition) is 5. The SMILES string of the molecule is O=C([O-])CN1C(=O)C(=C/C(Br)=C\c2ccccc2)SC1=S. The summed E-state index contributed by atoms with van der Waals surface area (Å²) in [6.07, 6.45) is 3.48. The van der Waals surface area contributed by atoms with Gasteiger partial charge in [0.15, 0.2) is 0 Å². The number of aliphatic carboxylic acids is 1. The van der Waals surface area contributed by atoms with Crippen LogP contribution in [0, 0.1) is 0 Å². The molecule has 0 radical (unpaired) electrons. The third-order valence-corrected chi connectivity index (χ3v) is 4.37. The van der Waals surface area contributed by atoms with Crippen molar-refractivity contribution in [2.45, 2.75) is 0 Å². The molecule has 1 aliphatic rings. The van der Waals surface area contributed by atoms with Gasteiger partial charge in [0.25, 0.3) is 5.91 Å². The molecule has 0 N–H and O–H groups in total. The van der Waals surface area contributed by atoms with Gasteiger partial charge in [0.05, 0.1) is 17.4 Å². The molecule has 1 aromatic carbocycles. The van der Waals surface area contributed by atoms with Crippen LogP contribution in [0.15, 0.2) is 45.8 Å². The van der Waals surface area contributed by atoms with E-state index in [0.29, 0.717) is 9.39 Å². The lowest BCUT2D eigenvalue weighted by molar-refractivity contribution is -0.305. The Morgan fingerprint density at radius 2 is 2.05 bits per heavy atom. The average molecular weight is 383 g/mol. The van der Waals surface area contributed by atoms with E-state index in [4.69, 9.17) is 12.2 Å². The zero-order valence-corrected chi connectivity index (χ0v) is 13.8. The van der Waals surface area contributed by atoms with Gasteiger partial charge in [0.2, 0.25) is 0 Å². The number of benzene rings is 1. The molecule has 1 fully saturated rings. The second-order valence-electron chi connectivity index (χ2n) is 4.08. The molecule has 2 rings (SSSR count). The molecular formula is C14H9BrNO3S2-. The van der Waals surface area contributed by atoms with Crippen molar-refractivity contribution in [2.24, 2.45) is 0 Å². The normalized spacial score (nSPS) is 17.7. The van der Waals surface area contributed by atoms with E-state index < -0.39 is 18.4 Å². The number of thiocarbonyl (C=S) groups is 1. The fourth-order valence-corrected chi connectivity index (χ4v) is 3.53. The van der Waals surface area contributed by atoms with Crippen molar-refractivity contribution in [3.63, 3.8) is 0 Å². The first-order chi connectivity index (χ1) is 9.97. The third kappa shape index (κ3) is 4.26. The van der Waals surface area contributed by atoms with Crippen molar-refractivity contribution < 1.29 is 14.7 Å². The van der Waals surface area contributed by atoms with Crippen LogP contribution in [-0.4, -0.2) is 27.6 Å². The molecule has 108 valence electrons. The Morgan fingerprint density at radius 1 is 1.38 bits per heavy atom. The number of allylic oxidation sites excluding steroid dienone is 2. The molecule has 0 aromatic heterocycles. The van der Waals surface area contributed by atoms with Crippen molar-refractivity contribution in [1.82, 2.24) is 4.90 Å². The molecule has 1 saturated heterocycles. The summed E-state index contributed by atoms with van der Waals surface area (Å²) in [5.74, 6) is -1.76. The smallest absolute Gasteiger partial charge is 0.266 e. The molecule has 0 unspecified atom stereocenters. The topological polar surface area (TPSA) is 60.4 Å².